The molecule has 1 spiro atoms. The number of carbonyl (C=O) groups excluding carboxylic acids is 3. The predicted molar refractivity (Wildman–Crippen MR) is 108 cm³/mol. The molecule has 4 rings (SSSR count). The fourth-order valence-corrected chi connectivity index (χ4v) is 6.59. The molecule has 6 nitrogen and oxygen atoms in total. The minimum absolute atomic E-state index is 0.0140. The second-order valence-corrected chi connectivity index (χ2v) is 10.5. The molecule has 0 bridgehead atoms. The number of hydrogen-bond acceptors (Lipinski definition) is 4. The Bertz CT molecular complexity index is 791. The van der Waals surface area contributed by atoms with Gasteiger partial charge in [0.05, 0.1) is 6.04 Å². The Labute approximate surface area is 170 Å². The van der Waals surface area contributed by atoms with Gasteiger partial charge in [-0.25, -0.2) is 4.79 Å². The number of nitrogens with one attached hydrogen (secondary N) is 1. The topological polar surface area (TPSA) is 69.7 Å². The summed E-state index contributed by atoms with van der Waals surface area (Å²) >= 11 is 1.65. The van der Waals surface area contributed by atoms with E-state index in [0.29, 0.717) is 25.3 Å². The smallest absolute Gasteiger partial charge is 0.325 e. The quantitative estimate of drug-likeness (QED) is 0.785. The van der Waals surface area contributed by atoms with Crippen LogP contribution in [0.5, 0.6) is 0 Å². The van der Waals surface area contributed by atoms with Crippen molar-refractivity contribution >= 4 is 29.2 Å². The Morgan fingerprint density at radius 1 is 1.32 bits per heavy atom. The molecule has 3 fully saturated rings. The number of rotatable bonds is 3. The van der Waals surface area contributed by atoms with Gasteiger partial charge in [0.25, 0.3) is 5.91 Å². The first-order valence-corrected chi connectivity index (χ1v) is 11.1. The molecule has 1 aliphatic carbocycles. The maximum absolute atomic E-state index is 13.3. The number of amides is 4. The van der Waals surface area contributed by atoms with Crippen molar-refractivity contribution in [1.29, 1.82) is 0 Å². The minimum atomic E-state index is -0.851. The van der Waals surface area contributed by atoms with Gasteiger partial charge in [-0.05, 0) is 54.9 Å². The summed E-state index contributed by atoms with van der Waals surface area (Å²) in [6.45, 7) is 6.94. The Kier molecular flexibility index (Phi) is 4.76. The molecule has 7 heteroatoms. The Hall–Kier alpha value is -1.89. The SMILES string of the molecule is CC1CC(C)(C)CC2(C1)NC(=O)N(CC(=O)N1CCCC1c1cccs1)C2=O. The molecular formula is C21H29N3O3S. The predicted octanol–water partition coefficient (Wildman–Crippen LogP) is 3.55. The van der Waals surface area contributed by atoms with Gasteiger partial charge in [0, 0.05) is 11.4 Å². The van der Waals surface area contributed by atoms with Crippen LogP contribution in [-0.4, -0.2) is 46.3 Å². The van der Waals surface area contributed by atoms with Crippen LogP contribution in [-0.2, 0) is 9.59 Å². The summed E-state index contributed by atoms with van der Waals surface area (Å²) < 4.78 is 0. The summed E-state index contributed by atoms with van der Waals surface area (Å²) in [5.74, 6) is -0.0117. The molecule has 3 heterocycles. The van der Waals surface area contributed by atoms with Crippen molar-refractivity contribution in [3.8, 4) is 0 Å². The molecule has 1 aromatic rings. The molecule has 0 radical (unpaired) electrons. The number of thiophene rings is 1. The van der Waals surface area contributed by atoms with Crippen LogP contribution in [0.2, 0.25) is 0 Å². The summed E-state index contributed by atoms with van der Waals surface area (Å²) in [5, 5.41) is 4.98. The van der Waals surface area contributed by atoms with Crippen molar-refractivity contribution in [2.45, 2.75) is 64.5 Å². The standard InChI is InChI=1S/C21H29N3O3S/c1-14-10-20(2,3)13-21(11-14)18(26)24(19(27)22-21)12-17(25)23-8-4-6-15(23)16-7-5-9-28-16/h5,7,9,14-15H,4,6,8,10-13H2,1-3H3,(H,22,27). The first kappa shape index (κ1) is 19.4. The largest absolute Gasteiger partial charge is 0.333 e. The van der Waals surface area contributed by atoms with Gasteiger partial charge in [-0.15, -0.1) is 11.3 Å². The van der Waals surface area contributed by atoms with Gasteiger partial charge in [0.1, 0.15) is 12.1 Å². The first-order chi connectivity index (χ1) is 13.2. The van der Waals surface area contributed by atoms with E-state index in [2.05, 4.69) is 32.2 Å². The van der Waals surface area contributed by atoms with E-state index < -0.39 is 11.6 Å². The van der Waals surface area contributed by atoms with Crippen molar-refractivity contribution in [2.75, 3.05) is 13.1 Å². The van der Waals surface area contributed by atoms with Crippen molar-refractivity contribution in [3.05, 3.63) is 22.4 Å². The van der Waals surface area contributed by atoms with Gasteiger partial charge >= 0.3 is 6.03 Å². The van der Waals surface area contributed by atoms with Crippen molar-refractivity contribution < 1.29 is 14.4 Å². The molecule has 3 unspecified atom stereocenters. The summed E-state index contributed by atoms with van der Waals surface area (Å²) in [6, 6.07) is 3.69. The van der Waals surface area contributed by atoms with E-state index in [1.54, 1.807) is 11.3 Å². The number of hydrogen-bond donors (Lipinski definition) is 1. The zero-order valence-electron chi connectivity index (χ0n) is 16.9. The van der Waals surface area contributed by atoms with Crippen LogP contribution in [0.4, 0.5) is 4.79 Å². The van der Waals surface area contributed by atoms with Crippen LogP contribution in [0.25, 0.3) is 0 Å². The molecule has 4 amide bonds. The molecular weight excluding hydrogens is 374 g/mol. The maximum atomic E-state index is 13.3. The highest BCUT2D eigenvalue weighted by Crippen LogP contribution is 2.46. The average molecular weight is 404 g/mol. The Balaban J connectivity index is 1.50. The van der Waals surface area contributed by atoms with E-state index >= 15 is 0 Å². The van der Waals surface area contributed by atoms with Gasteiger partial charge < -0.3 is 10.2 Å². The highest BCUT2D eigenvalue weighted by atomic mass is 32.1. The molecule has 0 aromatic carbocycles. The summed E-state index contributed by atoms with van der Waals surface area (Å²) in [7, 11) is 0. The lowest BCUT2D eigenvalue weighted by molar-refractivity contribution is -0.141. The van der Waals surface area contributed by atoms with Crippen LogP contribution in [0.15, 0.2) is 17.5 Å². The van der Waals surface area contributed by atoms with E-state index in [1.165, 1.54) is 4.88 Å². The lowest BCUT2D eigenvalue weighted by Gasteiger charge is -2.43. The fourth-order valence-electron chi connectivity index (χ4n) is 5.72. The van der Waals surface area contributed by atoms with Gasteiger partial charge in [-0.2, -0.15) is 0 Å². The molecule has 3 aliphatic rings. The van der Waals surface area contributed by atoms with Gasteiger partial charge in [0.2, 0.25) is 5.91 Å². The summed E-state index contributed by atoms with van der Waals surface area (Å²) in [5.41, 5.74) is -0.865. The fraction of sp³-hybridized carbons (Fsp3) is 0.667. The van der Waals surface area contributed by atoms with E-state index in [9.17, 15) is 14.4 Å². The van der Waals surface area contributed by atoms with Gasteiger partial charge in [-0.3, -0.25) is 14.5 Å². The van der Waals surface area contributed by atoms with E-state index in [-0.39, 0.29) is 29.8 Å². The number of carbonyl (C=O) groups is 3. The lowest BCUT2D eigenvalue weighted by atomic mass is 9.64. The molecule has 28 heavy (non-hydrogen) atoms. The number of likely N-dealkylation sites (tertiary alicyclic amines) is 1. The number of urea groups is 1. The van der Waals surface area contributed by atoms with Crippen LogP contribution >= 0.6 is 11.3 Å². The lowest BCUT2D eigenvalue weighted by Crippen LogP contribution is -2.54. The molecule has 1 N–H and O–H groups in total. The van der Waals surface area contributed by atoms with E-state index in [1.807, 2.05) is 16.3 Å². The van der Waals surface area contributed by atoms with Crippen LogP contribution in [0.1, 0.15) is 63.8 Å². The van der Waals surface area contributed by atoms with E-state index in [4.69, 9.17) is 0 Å². The monoisotopic (exact) mass is 403 g/mol. The average Bonchev–Trinajstić information content (AvgIpc) is 3.30. The molecule has 3 atom stereocenters. The minimum Gasteiger partial charge on any atom is -0.333 e. The normalized spacial score (nSPS) is 32.2. The van der Waals surface area contributed by atoms with Crippen LogP contribution in [0.3, 0.4) is 0 Å². The highest BCUT2D eigenvalue weighted by Gasteiger charge is 2.56. The van der Waals surface area contributed by atoms with Crippen molar-refractivity contribution in [3.63, 3.8) is 0 Å². The van der Waals surface area contributed by atoms with Crippen LogP contribution in [0, 0.1) is 11.3 Å². The number of nitrogens with zero attached hydrogens (tertiary/aromatic N) is 2. The van der Waals surface area contributed by atoms with Crippen LogP contribution < -0.4 is 5.32 Å². The van der Waals surface area contributed by atoms with Crippen molar-refractivity contribution in [2.24, 2.45) is 11.3 Å². The zero-order valence-corrected chi connectivity index (χ0v) is 17.7. The summed E-state index contributed by atoms with van der Waals surface area (Å²) in [6.07, 6.45) is 4.19. The number of imide groups is 1. The summed E-state index contributed by atoms with van der Waals surface area (Å²) in [4.78, 5) is 43.1. The third-order valence-electron chi connectivity index (χ3n) is 6.36. The molecule has 152 valence electrons. The molecule has 2 aliphatic heterocycles. The molecule has 2 saturated heterocycles. The maximum Gasteiger partial charge on any atom is 0.325 e. The Morgan fingerprint density at radius 3 is 2.79 bits per heavy atom. The molecule has 1 aromatic heterocycles. The third kappa shape index (κ3) is 3.34. The van der Waals surface area contributed by atoms with E-state index in [0.717, 1.165) is 24.2 Å². The molecule has 1 saturated carbocycles. The van der Waals surface area contributed by atoms with Gasteiger partial charge in [-0.1, -0.05) is 26.8 Å². The Morgan fingerprint density at radius 2 is 2.11 bits per heavy atom. The highest BCUT2D eigenvalue weighted by molar-refractivity contribution is 7.10. The second-order valence-electron chi connectivity index (χ2n) is 9.52. The first-order valence-electron chi connectivity index (χ1n) is 10.2. The van der Waals surface area contributed by atoms with Gasteiger partial charge in [0.15, 0.2) is 0 Å². The second kappa shape index (κ2) is 6.87. The zero-order chi connectivity index (χ0) is 20.1. The van der Waals surface area contributed by atoms with Crippen molar-refractivity contribution in [1.82, 2.24) is 15.1 Å². The third-order valence-corrected chi connectivity index (χ3v) is 7.34.